The van der Waals surface area contributed by atoms with Crippen LogP contribution in [-0.4, -0.2) is 46.3 Å². The van der Waals surface area contributed by atoms with Gasteiger partial charge < -0.3 is 20.8 Å². The summed E-state index contributed by atoms with van der Waals surface area (Å²) < 4.78 is 0. The third kappa shape index (κ3) is 4.09. The van der Waals surface area contributed by atoms with Gasteiger partial charge in [-0.3, -0.25) is 4.79 Å². The lowest BCUT2D eigenvalue weighted by Gasteiger charge is -2.15. The summed E-state index contributed by atoms with van der Waals surface area (Å²) in [4.78, 5) is 13.4. The van der Waals surface area contributed by atoms with Crippen LogP contribution >= 0.6 is 12.4 Å². The van der Waals surface area contributed by atoms with Gasteiger partial charge in [0.25, 0.3) is 0 Å². The molecule has 1 saturated heterocycles. The molecule has 5 nitrogen and oxygen atoms in total. The minimum absolute atomic E-state index is 0. The summed E-state index contributed by atoms with van der Waals surface area (Å²) in [7, 11) is 0. The van der Waals surface area contributed by atoms with E-state index in [1.807, 2.05) is 24.3 Å². The van der Waals surface area contributed by atoms with Crippen molar-refractivity contribution >= 4 is 24.0 Å². The number of likely N-dealkylation sites (tertiary alicyclic amines) is 1. The van der Waals surface area contributed by atoms with E-state index in [1.54, 1.807) is 0 Å². The zero-order valence-corrected chi connectivity index (χ0v) is 11.3. The van der Waals surface area contributed by atoms with Crippen LogP contribution in [0.4, 0.5) is 5.69 Å². The normalized spacial score (nSPS) is 22.1. The van der Waals surface area contributed by atoms with Gasteiger partial charge in [0.05, 0.1) is 12.2 Å². The predicted octanol–water partition coefficient (Wildman–Crippen LogP) is 0.187. The number of nitrogen functional groups attached to an aromatic ring is 1. The lowest BCUT2D eigenvalue weighted by atomic mass is 10.1. The van der Waals surface area contributed by atoms with Gasteiger partial charge in [0.1, 0.15) is 0 Å². The molecule has 2 atom stereocenters. The lowest BCUT2D eigenvalue weighted by molar-refractivity contribution is -0.130. The van der Waals surface area contributed by atoms with Crippen LogP contribution in [0.3, 0.4) is 0 Å². The van der Waals surface area contributed by atoms with E-state index in [4.69, 9.17) is 5.73 Å². The van der Waals surface area contributed by atoms with Gasteiger partial charge in [-0.2, -0.15) is 0 Å². The van der Waals surface area contributed by atoms with Crippen molar-refractivity contribution in [2.24, 2.45) is 0 Å². The van der Waals surface area contributed by atoms with E-state index in [0.29, 0.717) is 18.5 Å². The number of β-amino-alcohol motifs (C(OH)–C–C–N with tert-alkyl or cyclic N) is 2. The number of halogens is 1. The van der Waals surface area contributed by atoms with E-state index < -0.39 is 12.2 Å². The number of carbonyl (C=O) groups is 1. The van der Waals surface area contributed by atoms with Gasteiger partial charge in [-0.1, -0.05) is 12.1 Å². The Morgan fingerprint density at radius 3 is 2.26 bits per heavy atom. The second kappa shape index (κ2) is 6.75. The van der Waals surface area contributed by atoms with Crippen LogP contribution in [0, 0.1) is 0 Å². The van der Waals surface area contributed by atoms with Crippen molar-refractivity contribution in [1.82, 2.24) is 4.90 Å². The van der Waals surface area contributed by atoms with Gasteiger partial charge in [-0.15, -0.1) is 12.4 Å². The monoisotopic (exact) mass is 286 g/mol. The largest absolute Gasteiger partial charge is 0.399 e. The second-order valence-corrected chi connectivity index (χ2v) is 4.67. The molecule has 19 heavy (non-hydrogen) atoms. The Morgan fingerprint density at radius 1 is 1.21 bits per heavy atom. The molecular formula is C13H19ClN2O3. The number of rotatable bonds is 3. The highest BCUT2D eigenvalue weighted by molar-refractivity contribution is 5.85. The fourth-order valence-corrected chi connectivity index (χ4v) is 2.07. The fourth-order valence-electron chi connectivity index (χ4n) is 2.07. The third-order valence-corrected chi connectivity index (χ3v) is 3.22. The molecule has 1 aliphatic rings. The molecule has 0 aromatic heterocycles. The maximum Gasteiger partial charge on any atom is 0.223 e. The van der Waals surface area contributed by atoms with Gasteiger partial charge in [0, 0.05) is 25.2 Å². The first-order valence-electron chi connectivity index (χ1n) is 6.04. The van der Waals surface area contributed by atoms with Crippen molar-refractivity contribution in [3.8, 4) is 0 Å². The van der Waals surface area contributed by atoms with Crippen LogP contribution in [0.15, 0.2) is 24.3 Å². The molecule has 1 amide bonds. The zero-order chi connectivity index (χ0) is 13.1. The molecule has 1 aliphatic heterocycles. The molecule has 106 valence electrons. The minimum Gasteiger partial charge on any atom is -0.399 e. The summed E-state index contributed by atoms with van der Waals surface area (Å²) >= 11 is 0. The van der Waals surface area contributed by atoms with Gasteiger partial charge in [-0.05, 0) is 24.1 Å². The lowest BCUT2D eigenvalue weighted by Crippen LogP contribution is -2.29. The minimum atomic E-state index is -0.814. The van der Waals surface area contributed by atoms with Crippen LogP contribution in [-0.2, 0) is 11.2 Å². The first-order valence-corrected chi connectivity index (χ1v) is 6.04. The van der Waals surface area contributed by atoms with Crippen molar-refractivity contribution < 1.29 is 15.0 Å². The van der Waals surface area contributed by atoms with Gasteiger partial charge in [-0.25, -0.2) is 0 Å². The summed E-state index contributed by atoms with van der Waals surface area (Å²) in [6, 6.07) is 7.42. The fraction of sp³-hybridized carbons (Fsp3) is 0.462. The molecule has 1 fully saturated rings. The first-order chi connectivity index (χ1) is 8.56. The van der Waals surface area contributed by atoms with Gasteiger partial charge >= 0.3 is 0 Å². The van der Waals surface area contributed by atoms with E-state index >= 15 is 0 Å². The maximum absolute atomic E-state index is 11.9. The van der Waals surface area contributed by atoms with E-state index in [1.165, 1.54) is 4.90 Å². The Kier molecular flexibility index (Phi) is 5.60. The van der Waals surface area contributed by atoms with Crippen LogP contribution in [0.5, 0.6) is 0 Å². The van der Waals surface area contributed by atoms with Crippen molar-refractivity contribution in [1.29, 1.82) is 0 Å². The Labute approximate surface area is 118 Å². The molecule has 0 unspecified atom stereocenters. The van der Waals surface area contributed by atoms with Gasteiger partial charge in [0.2, 0.25) is 5.91 Å². The number of nitrogens with two attached hydrogens (primary N) is 1. The molecular weight excluding hydrogens is 268 g/mol. The number of aryl methyl sites for hydroxylation is 1. The smallest absolute Gasteiger partial charge is 0.223 e. The van der Waals surface area contributed by atoms with Crippen molar-refractivity contribution in [3.63, 3.8) is 0 Å². The number of aliphatic hydroxyl groups is 2. The number of hydrogen-bond donors (Lipinski definition) is 3. The van der Waals surface area contributed by atoms with Crippen LogP contribution < -0.4 is 5.73 Å². The number of amides is 1. The number of aliphatic hydroxyl groups excluding tert-OH is 2. The van der Waals surface area contributed by atoms with Crippen LogP contribution in [0.2, 0.25) is 0 Å². The molecule has 0 radical (unpaired) electrons. The molecule has 1 heterocycles. The molecule has 0 aliphatic carbocycles. The van der Waals surface area contributed by atoms with E-state index in [9.17, 15) is 15.0 Å². The van der Waals surface area contributed by atoms with E-state index in [2.05, 4.69) is 0 Å². The molecule has 1 aromatic carbocycles. The van der Waals surface area contributed by atoms with Crippen LogP contribution in [0.25, 0.3) is 0 Å². The van der Waals surface area contributed by atoms with Crippen molar-refractivity contribution in [2.45, 2.75) is 25.0 Å². The molecule has 0 bridgehead atoms. The predicted molar refractivity (Wildman–Crippen MR) is 75.0 cm³/mol. The highest BCUT2D eigenvalue weighted by Crippen LogP contribution is 2.13. The average molecular weight is 287 g/mol. The van der Waals surface area contributed by atoms with Crippen molar-refractivity contribution in [3.05, 3.63) is 29.8 Å². The molecule has 0 saturated carbocycles. The SMILES string of the molecule is Cl.Nc1ccc(CCC(=O)N2C[C@@H](O)[C@@H](O)C2)cc1. The van der Waals surface area contributed by atoms with Crippen LogP contribution in [0.1, 0.15) is 12.0 Å². The quantitative estimate of drug-likeness (QED) is 0.692. The summed E-state index contributed by atoms with van der Waals surface area (Å²) in [5, 5.41) is 18.8. The second-order valence-electron chi connectivity index (χ2n) is 4.67. The number of nitrogens with zero attached hydrogens (tertiary/aromatic N) is 1. The molecule has 1 aromatic rings. The van der Waals surface area contributed by atoms with E-state index in [-0.39, 0.29) is 31.4 Å². The number of anilines is 1. The van der Waals surface area contributed by atoms with Crippen molar-refractivity contribution in [2.75, 3.05) is 18.8 Å². The Bertz CT molecular complexity index is 414. The van der Waals surface area contributed by atoms with E-state index in [0.717, 1.165) is 5.56 Å². The topological polar surface area (TPSA) is 86.8 Å². The Balaban J connectivity index is 0.00000180. The number of benzene rings is 1. The Morgan fingerprint density at radius 2 is 1.74 bits per heavy atom. The summed E-state index contributed by atoms with van der Waals surface area (Å²) in [5.74, 6) is -0.0394. The molecule has 0 spiro atoms. The summed E-state index contributed by atoms with van der Waals surface area (Å²) in [6.07, 6.45) is -0.610. The number of carbonyl (C=O) groups excluding carboxylic acids is 1. The van der Waals surface area contributed by atoms with Gasteiger partial charge in [0.15, 0.2) is 0 Å². The summed E-state index contributed by atoms with van der Waals surface area (Å²) in [5.41, 5.74) is 7.34. The standard InChI is InChI=1S/C13H18N2O3.ClH/c14-10-4-1-9(2-5-10)3-6-13(18)15-7-11(16)12(17)8-15;/h1-2,4-5,11-12,16-17H,3,6-8,14H2;1H/t11-,12+;. The highest BCUT2D eigenvalue weighted by Gasteiger charge is 2.31. The Hall–Kier alpha value is -1.30. The average Bonchev–Trinajstić information content (AvgIpc) is 2.69. The molecule has 6 heteroatoms. The highest BCUT2D eigenvalue weighted by atomic mass is 35.5. The molecule has 4 N–H and O–H groups in total. The third-order valence-electron chi connectivity index (χ3n) is 3.22. The summed E-state index contributed by atoms with van der Waals surface area (Å²) in [6.45, 7) is 0.448. The first kappa shape index (κ1) is 15.8. The number of hydrogen-bond acceptors (Lipinski definition) is 4. The maximum atomic E-state index is 11.9. The molecule has 2 rings (SSSR count). The zero-order valence-electron chi connectivity index (χ0n) is 10.5.